The van der Waals surface area contributed by atoms with Gasteiger partial charge in [-0.2, -0.15) is 0 Å². The van der Waals surface area contributed by atoms with E-state index in [9.17, 15) is 9.59 Å². The lowest BCUT2D eigenvalue weighted by Gasteiger charge is -2.41. The van der Waals surface area contributed by atoms with Crippen LogP contribution in [0.15, 0.2) is 40.5 Å². The molecule has 4 heteroatoms. The summed E-state index contributed by atoms with van der Waals surface area (Å²) < 4.78 is 5.48. The number of nitrogens with zero attached hydrogens (tertiary/aromatic N) is 1. The Morgan fingerprint density at radius 1 is 1.14 bits per heavy atom. The zero-order valence-corrected chi connectivity index (χ0v) is 17.7. The van der Waals surface area contributed by atoms with Gasteiger partial charge in [0.25, 0.3) is 0 Å². The molecule has 0 saturated heterocycles. The van der Waals surface area contributed by atoms with Gasteiger partial charge in [0.1, 0.15) is 5.78 Å². The Balaban J connectivity index is 2.11. The molecule has 1 aromatic carbocycles. The highest BCUT2D eigenvalue weighted by atomic mass is 16.5. The zero-order chi connectivity index (χ0) is 20.5. The van der Waals surface area contributed by atoms with Gasteiger partial charge in [0, 0.05) is 23.7 Å². The van der Waals surface area contributed by atoms with E-state index in [1.165, 1.54) is 5.56 Å². The predicted octanol–water partition coefficient (Wildman–Crippen LogP) is 5.02. The van der Waals surface area contributed by atoms with Gasteiger partial charge in [0.2, 0.25) is 0 Å². The molecule has 1 aromatic rings. The van der Waals surface area contributed by atoms with Crippen LogP contribution in [0.2, 0.25) is 0 Å². The van der Waals surface area contributed by atoms with Crippen LogP contribution in [-0.2, 0) is 20.7 Å². The van der Waals surface area contributed by atoms with Gasteiger partial charge in [-0.25, -0.2) is 4.79 Å². The molecular formula is C24H31NO3. The molecule has 0 N–H and O–H groups in total. The van der Waals surface area contributed by atoms with E-state index in [0.29, 0.717) is 24.3 Å². The van der Waals surface area contributed by atoms with Crippen LogP contribution in [-0.4, -0.2) is 24.1 Å². The monoisotopic (exact) mass is 381 g/mol. The van der Waals surface area contributed by atoms with Crippen molar-refractivity contribution in [3.63, 3.8) is 0 Å². The average molecular weight is 382 g/mol. The van der Waals surface area contributed by atoms with Crippen molar-refractivity contribution in [1.82, 2.24) is 0 Å². The van der Waals surface area contributed by atoms with Crippen LogP contribution in [0.4, 0.5) is 0 Å². The number of carbonyl (C=O) groups excluding carboxylic acids is 2. The lowest BCUT2D eigenvalue weighted by Crippen LogP contribution is -2.44. The molecule has 1 aliphatic heterocycles. The average Bonchev–Trinajstić information content (AvgIpc) is 2.64. The van der Waals surface area contributed by atoms with E-state index >= 15 is 0 Å². The summed E-state index contributed by atoms with van der Waals surface area (Å²) in [6, 6.07) is 8.28. The molecule has 2 atom stereocenters. The third kappa shape index (κ3) is 3.96. The summed E-state index contributed by atoms with van der Waals surface area (Å²) in [5.74, 6) is -0.850. The molecular weight excluding hydrogens is 350 g/mol. The number of ketones is 1. The number of aliphatic imine (C=N–C) groups is 1. The topological polar surface area (TPSA) is 55.7 Å². The first-order chi connectivity index (χ1) is 13.3. The largest absolute Gasteiger partial charge is 0.462 e. The van der Waals surface area contributed by atoms with E-state index in [0.717, 1.165) is 30.5 Å². The molecule has 0 amide bonds. The number of carbonyl (C=O) groups is 2. The molecule has 150 valence electrons. The van der Waals surface area contributed by atoms with Crippen LogP contribution in [0.1, 0.15) is 70.9 Å². The Bertz CT molecular complexity index is 830. The van der Waals surface area contributed by atoms with E-state index in [4.69, 9.17) is 9.73 Å². The van der Waals surface area contributed by atoms with E-state index in [2.05, 4.69) is 45.0 Å². The minimum Gasteiger partial charge on any atom is -0.462 e. The van der Waals surface area contributed by atoms with Crippen LogP contribution in [0.25, 0.3) is 0 Å². The van der Waals surface area contributed by atoms with Crippen molar-refractivity contribution < 1.29 is 14.3 Å². The maximum absolute atomic E-state index is 13.2. The summed E-state index contributed by atoms with van der Waals surface area (Å²) in [6.45, 7) is 10.5. The first-order valence-corrected chi connectivity index (χ1v) is 10.3. The molecule has 4 nitrogen and oxygen atoms in total. The van der Waals surface area contributed by atoms with E-state index in [1.807, 2.05) is 13.8 Å². The van der Waals surface area contributed by atoms with Crippen molar-refractivity contribution in [2.75, 3.05) is 6.61 Å². The molecule has 2 aliphatic rings. The molecule has 0 bridgehead atoms. The molecule has 0 unspecified atom stereocenters. The number of rotatable bonds is 5. The van der Waals surface area contributed by atoms with E-state index in [1.54, 1.807) is 0 Å². The molecule has 0 radical (unpaired) electrons. The zero-order valence-electron chi connectivity index (χ0n) is 17.7. The molecule has 1 aliphatic carbocycles. The van der Waals surface area contributed by atoms with Gasteiger partial charge in [-0.3, -0.25) is 9.79 Å². The Morgan fingerprint density at radius 2 is 1.82 bits per heavy atom. The van der Waals surface area contributed by atoms with Gasteiger partial charge in [-0.15, -0.1) is 0 Å². The lowest BCUT2D eigenvalue weighted by atomic mass is 9.63. The summed E-state index contributed by atoms with van der Waals surface area (Å²) in [6.07, 6.45) is 3.01. The summed E-state index contributed by atoms with van der Waals surface area (Å²) >= 11 is 0. The van der Waals surface area contributed by atoms with Crippen molar-refractivity contribution in [3.8, 4) is 0 Å². The summed E-state index contributed by atoms with van der Waals surface area (Å²) in [5.41, 5.74) is 4.27. The van der Waals surface area contributed by atoms with E-state index < -0.39 is 0 Å². The highest BCUT2D eigenvalue weighted by Gasteiger charge is 2.47. The Morgan fingerprint density at radius 3 is 2.43 bits per heavy atom. The highest BCUT2D eigenvalue weighted by molar-refractivity contribution is 6.12. The van der Waals surface area contributed by atoms with Gasteiger partial charge in [-0.05, 0) is 42.7 Å². The number of benzene rings is 1. The highest BCUT2D eigenvalue weighted by Crippen LogP contribution is 2.47. The summed E-state index contributed by atoms with van der Waals surface area (Å²) in [4.78, 5) is 30.9. The fourth-order valence-corrected chi connectivity index (χ4v) is 4.45. The quantitative estimate of drug-likeness (QED) is 0.673. The number of Topliss-reactive ketones (excluding diaryl/α,β-unsaturated/α-hetero) is 1. The van der Waals surface area contributed by atoms with Crippen LogP contribution in [0, 0.1) is 11.3 Å². The van der Waals surface area contributed by atoms with E-state index in [-0.39, 0.29) is 29.0 Å². The first kappa shape index (κ1) is 20.5. The maximum atomic E-state index is 13.2. The normalized spacial score (nSPS) is 23.9. The lowest BCUT2D eigenvalue weighted by molar-refractivity contribution is -0.139. The second kappa shape index (κ2) is 8.02. The van der Waals surface area contributed by atoms with Gasteiger partial charge in [-0.1, -0.05) is 52.0 Å². The fourth-order valence-electron chi connectivity index (χ4n) is 4.45. The predicted molar refractivity (Wildman–Crippen MR) is 111 cm³/mol. The van der Waals surface area contributed by atoms with Crippen LogP contribution < -0.4 is 0 Å². The molecule has 1 saturated carbocycles. The first-order valence-electron chi connectivity index (χ1n) is 10.3. The summed E-state index contributed by atoms with van der Waals surface area (Å²) in [7, 11) is 0. The number of hydrogen-bond acceptors (Lipinski definition) is 4. The third-order valence-electron chi connectivity index (χ3n) is 5.77. The minimum absolute atomic E-state index is 0.0937. The van der Waals surface area contributed by atoms with Crippen LogP contribution in [0.3, 0.4) is 0 Å². The van der Waals surface area contributed by atoms with Crippen LogP contribution >= 0.6 is 0 Å². The number of allylic oxidation sites excluding steroid dienone is 1. The molecule has 3 rings (SSSR count). The van der Waals surface area contributed by atoms with Crippen molar-refractivity contribution in [1.29, 1.82) is 0 Å². The minimum atomic E-state index is -0.367. The standard InChI is InChI=1S/C24H31NO3/c1-6-12-28-23(27)20-15(3)25-18-13-24(4,5)14-19(26)22(18)21(20)17-10-8-16(7-2)9-11-17/h8-11,21-22H,6-7,12-14H2,1-5H3/t21-,22+/m1/s1. The summed E-state index contributed by atoms with van der Waals surface area (Å²) in [5, 5.41) is 0. The molecule has 1 fully saturated rings. The van der Waals surface area contributed by atoms with Crippen molar-refractivity contribution in [2.45, 2.75) is 66.2 Å². The van der Waals surface area contributed by atoms with Crippen molar-refractivity contribution in [2.24, 2.45) is 16.3 Å². The van der Waals surface area contributed by atoms with Crippen LogP contribution in [0.5, 0.6) is 0 Å². The van der Waals surface area contributed by atoms with Gasteiger partial charge in [0.05, 0.1) is 18.1 Å². The molecule has 0 spiro atoms. The number of ether oxygens (including phenoxy) is 1. The Hall–Kier alpha value is -2.23. The Labute approximate surface area is 168 Å². The third-order valence-corrected chi connectivity index (χ3v) is 5.77. The Kier molecular flexibility index (Phi) is 5.87. The number of aryl methyl sites for hydroxylation is 1. The number of hydrogen-bond donors (Lipinski definition) is 0. The SMILES string of the molecule is CCCOC(=O)C1=C(C)N=C2CC(C)(C)CC(=O)[C@H]2[C@@H]1c1ccc(CC)cc1. The van der Waals surface area contributed by atoms with Gasteiger partial charge in [0.15, 0.2) is 0 Å². The smallest absolute Gasteiger partial charge is 0.336 e. The molecule has 0 aromatic heterocycles. The number of esters is 1. The molecule has 1 heterocycles. The second-order valence-corrected chi connectivity index (χ2v) is 8.77. The van der Waals surface area contributed by atoms with Gasteiger partial charge < -0.3 is 4.74 Å². The molecule has 28 heavy (non-hydrogen) atoms. The van der Waals surface area contributed by atoms with Crippen molar-refractivity contribution in [3.05, 3.63) is 46.7 Å². The number of fused-ring (bicyclic) bond motifs is 1. The maximum Gasteiger partial charge on any atom is 0.336 e. The fraction of sp³-hybridized carbons (Fsp3) is 0.542. The second-order valence-electron chi connectivity index (χ2n) is 8.77. The van der Waals surface area contributed by atoms with Crippen molar-refractivity contribution >= 4 is 17.5 Å². The van der Waals surface area contributed by atoms with Gasteiger partial charge >= 0.3 is 5.97 Å².